The van der Waals surface area contributed by atoms with E-state index < -0.39 is 0 Å². The molecule has 0 fully saturated rings. The molecule has 0 saturated carbocycles. The Morgan fingerprint density at radius 2 is 2.21 bits per heavy atom. The average Bonchev–Trinajstić information content (AvgIpc) is 2.84. The Morgan fingerprint density at radius 1 is 1.47 bits per heavy atom. The predicted octanol–water partition coefficient (Wildman–Crippen LogP) is 5.22. The molecule has 19 heavy (non-hydrogen) atoms. The van der Waals surface area contributed by atoms with Gasteiger partial charge in [0, 0.05) is 18.7 Å². The van der Waals surface area contributed by atoms with Crippen LogP contribution in [0.2, 0.25) is 0 Å². The van der Waals surface area contributed by atoms with Crippen LogP contribution in [-0.4, -0.2) is 7.05 Å². The fourth-order valence-electron chi connectivity index (χ4n) is 3.09. The molecular weight excluding hydrogens is 230 g/mol. The highest BCUT2D eigenvalue weighted by Crippen LogP contribution is 2.36. The Hall–Kier alpha value is -0.980. The van der Waals surface area contributed by atoms with Crippen LogP contribution in [0.25, 0.3) is 0 Å². The monoisotopic (exact) mass is 261 g/mol. The van der Waals surface area contributed by atoms with Crippen molar-refractivity contribution in [1.82, 2.24) is 5.32 Å². The number of hydrogen-bond donors (Lipinski definition) is 1. The molecule has 0 aromatic heterocycles. The maximum Gasteiger partial charge on any atom is 0.0102 e. The van der Waals surface area contributed by atoms with Gasteiger partial charge in [-0.2, -0.15) is 0 Å². The molecule has 1 N–H and O–H groups in total. The van der Waals surface area contributed by atoms with Gasteiger partial charge >= 0.3 is 0 Å². The Balaban J connectivity index is 2.89. The molecule has 108 valence electrons. The van der Waals surface area contributed by atoms with Crippen molar-refractivity contribution in [3.63, 3.8) is 0 Å². The summed E-state index contributed by atoms with van der Waals surface area (Å²) in [7, 11) is 2.06. The maximum absolute atomic E-state index is 3.86. The normalized spacial score (nSPS) is 21.7. The van der Waals surface area contributed by atoms with E-state index in [0.717, 1.165) is 6.42 Å². The summed E-state index contributed by atoms with van der Waals surface area (Å²) in [4.78, 5) is 0. The van der Waals surface area contributed by atoms with Gasteiger partial charge in [0.2, 0.25) is 0 Å². The molecule has 1 aliphatic rings. The summed E-state index contributed by atoms with van der Waals surface area (Å²) in [5.74, 6) is 1.37. The lowest BCUT2D eigenvalue weighted by Crippen LogP contribution is -2.07. The summed E-state index contributed by atoms with van der Waals surface area (Å²) in [6, 6.07) is 0. The Morgan fingerprint density at radius 3 is 2.74 bits per heavy atom. The van der Waals surface area contributed by atoms with Gasteiger partial charge in [-0.05, 0) is 50.0 Å². The molecule has 2 unspecified atom stereocenters. The van der Waals surface area contributed by atoms with Crippen LogP contribution in [0.4, 0.5) is 0 Å². The highest BCUT2D eigenvalue weighted by molar-refractivity contribution is 5.27. The van der Waals surface area contributed by atoms with Crippen LogP contribution in [0.5, 0.6) is 0 Å². The Labute approximate surface area is 119 Å². The first kappa shape index (κ1) is 16.1. The summed E-state index contributed by atoms with van der Waals surface area (Å²) in [5, 5.41) is 3.39. The van der Waals surface area contributed by atoms with E-state index in [-0.39, 0.29) is 0 Å². The van der Waals surface area contributed by atoms with Crippen LogP contribution < -0.4 is 5.32 Å². The van der Waals surface area contributed by atoms with Crippen LogP contribution in [0.15, 0.2) is 35.6 Å². The number of rotatable bonds is 8. The van der Waals surface area contributed by atoms with Crippen LogP contribution in [-0.2, 0) is 0 Å². The molecule has 1 heteroatoms. The van der Waals surface area contributed by atoms with Gasteiger partial charge in [-0.25, -0.2) is 0 Å². The zero-order valence-electron chi connectivity index (χ0n) is 13.3. The first-order valence-electron chi connectivity index (χ1n) is 7.88. The second-order valence-electron chi connectivity index (χ2n) is 5.63. The number of allylic oxidation sites excluding steroid dienone is 5. The van der Waals surface area contributed by atoms with E-state index in [0.29, 0.717) is 11.8 Å². The number of hydrogen-bond acceptors (Lipinski definition) is 1. The molecule has 0 heterocycles. The second-order valence-corrected chi connectivity index (χ2v) is 5.63. The fraction of sp³-hybridized carbons (Fsp3) is 0.667. The van der Waals surface area contributed by atoms with Gasteiger partial charge in [0.15, 0.2) is 0 Å². The van der Waals surface area contributed by atoms with Crippen molar-refractivity contribution >= 4 is 0 Å². The lowest BCUT2D eigenvalue weighted by Gasteiger charge is -2.18. The molecule has 0 aliphatic heterocycles. The third-order valence-corrected chi connectivity index (χ3v) is 4.52. The summed E-state index contributed by atoms with van der Waals surface area (Å²) >= 11 is 0. The smallest absolute Gasteiger partial charge is 0.0102 e. The van der Waals surface area contributed by atoms with Crippen molar-refractivity contribution in [2.24, 2.45) is 11.8 Å². The summed E-state index contributed by atoms with van der Waals surface area (Å²) in [6.07, 6.45) is 11.8. The van der Waals surface area contributed by atoms with Gasteiger partial charge in [0.05, 0.1) is 0 Å². The maximum atomic E-state index is 3.86. The van der Waals surface area contributed by atoms with E-state index in [1.807, 2.05) is 6.08 Å². The lowest BCUT2D eigenvalue weighted by atomic mass is 9.88. The summed E-state index contributed by atoms with van der Waals surface area (Å²) in [6.45, 7) is 10.8. The first-order chi connectivity index (χ1) is 9.17. The van der Waals surface area contributed by atoms with E-state index in [2.05, 4.69) is 45.8 Å². The fourth-order valence-corrected chi connectivity index (χ4v) is 3.09. The molecule has 1 nitrogen and oxygen atoms in total. The van der Waals surface area contributed by atoms with Gasteiger partial charge in [-0.1, -0.05) is 38.5 Å². The zero-order chi connectivity index (χ0) is 14.3. The molecule has 0 radical (unpaired) electrons. The third-order valence-electron chi connectivity index (χ3n) is 4.52. The molecule has 0 aromatic rings. The van der Waals surface area contributed by atoms with Crippen molar-refractivity contribution < 1.29 is 0 Å². The minimum atomic E-state index is 0.668. The molecule has 2 atom stereocenters. The molecule has 0 saturated heterocycles. The molecular formula is C18H31N. The lowest BCUT2D eigenvalue weighted by molar-refractivity contribution is 0.604. The minimum absolute atomic E-state index is 0.668. The topological polar surface area (TPSA) is 12.0 Å². The van der Waals surface area contributed by atoms with Gasteiger partial charge in [-0.15, -0.1) is 6.58 Å². The Kier molecular flexibility index (Phi) is 6.97. The quantitative estimate of drug-likeness (QED) is 0.591. The molecule has 1 rings (SSSR count). The van der Waals surface area contributed by atoms with Crippen molar-refractivity contribution in [1.29, 1.82) is 0 Å². The molecule has 1 aliphatic carbocycles. The van der Waals surface area contributed by atoms with Crippen molar-refractivity contribution in [2.45, 2.75) is 59.3 Å². The third kappa shape index (κ3) is 4.26. The van der Waals surface area contributed by atoms with E-state index in [9.17, 15) is 0 Å². The van der Waals surface area contributed by atoms with Crippen LogP contribution >= 0.6 is 0 Å². The van der Waals surface area contributed by atoms with E-state index in [1.54, 1.807) is 11.1 Å². The van der Waals surface area contributed by atoms with Gasteiger partial charge in [0.25, 0.3) is 0 Å². The van der Waals surface area contributed by atoms with Crippen molar-refractivity contribution in [2.75, 3.05) is 7.05 Å². The van der Waals surface area contributed by atoms with Crippen LogP contribution in [0.1, 0.15) is 59.3 Å². The highest BCUT2D eigenvalue weighted by Gasteiger charge is 2.22. The van der Waals surface area contributed by atoms with Crippen molar-refractivity contribution in [3.8, 4) is 0 Å². The largest absolute Gasteiger partial charge is 0.391 e. The average molecular weight is 261 g/mol. The van der Waals surface area contributed by atoms with Gasteiger partial charge in [0.1, 0.15) is 0 Å². The van der Waals surface area contributed by atoms with E-state index in [1.165, 1.54) is 37.8 Å². The minimum Gasteiger partial charge on any atom is -0.391 e. The zero-order valence-corrected chi connectivity index (χ0v) is 13.3. The Bertz CT molecular complexity index is 349. The van der Waals surface area contributed by atoms with Gasteiger partial charge in [-0.3, -0.25) is 0 Å². The molecule has 0 spiro atoms. The number of nitrogens with one attached hydrogen (secondary N) is 1. The van der Waals surface area contributed by atoms with E-state index in [4.69, 9.17) is 0 Å². The molecule has 0 amide bonds. The van der Waals surface area contributed by atoms with E-state index >= 15 is 0 Å². The first-order valence-corrected chi connectivity index (χ1v) is 7.88. The SMILES string of the molecule is C=CCC/C(=C\C1CCC(NC)=C1CC)C(C)CC. The van der Waals surface area contributed by atoms with Crippen LogP contribution in [0, 0.1) is 11.8 Å². The van der Waals surface area contributed by atoms with Gasteiger partial charge < -0.3 is 5.32 Å². The summed E-state index contributed by atoms with van der Waals surface area (Å²) in [5.41, 5.74) is 4.74. The predicted molar refractivity (Wildman–Crippen MR) is 86.1 cm³/mol. The highest BCUT2D eigenvalue weighted by atomic mass is 14.8. The molecule has 0 aromatic carbocycles. The van der Waals surface area contributed by atoms with Crippen LogP contribution in [0.3, 0.4) is 0 Å². The molecule has 0 bridgehead atoms. The summed E-state index contributed by atoms with van der Waals surface area (Å²) < 4.78 is 0. The van der Waals surface area contributed by atoms with Crippen molar-refractivity contribution in [3.05, 3.63) is 35.6 Å². The standard InChI is InChI=1S/C18H31N/c1-6-9-10-15(14(4)7-2)13-16-11-12-18(19-5)17(16)8-3/h6,13-14,16,19H,1,7-12H2,2-5H3/b15-13+. The second kappa shape index (κ2) is 8.24.